The summed E-state index contributed by atoms with van der Waals surface area (Å²) < 4.78 is 69.5. The molecule has 18 heavy (non-hydrogen) atoms. The quantitative estimate of drug-likeness (QED) is 0.536. The summed E-state index contributed by atoms with van der Waals surface area (Å²) >= 11 is 0. The molecule has 112 valence electrons. The zero-order valence-corrected chi connectivity index (χ0v) is 12.7. The first kappa shape index (κ1) is 18.1. The Bertz CT molecular complexity index is 365. The minimum atomic E-state index is -5.59. The summed E-state index contributed by atoms with van der Waals surface area (Å²) in [6.07, 6.45) is 0.579. The van der Waals surface area contributed by atoms with E-state index in [1.165, 1.54) is 7.11 Å². The standard InChI is InChI=1S/C9H20F3O4PS/c1-5-17(6-2,7-3,8-15-4)16-18(13,14)9(10,11)12/h5-8H2,1-4H3. The molecule has 0 bridgehead atoms. The molecule has 0 amide bonds. The van der Waals surface area contributed by atoms with E-state index in [1.54, 1.807) is 20.8 Å². The Morgan fingerprint density at radius 1 is 1.06 bits per heavy atom. The molecule has 0 spiro atoms. The van der Waals surface area contributed by atoms with Gasteiger partial charge in [0.25, 0.3) is 0 Å². The van der Waals surface area contributed by atoms with Gasteiger partial charge in [0, 0.05) is 0 Å². The summed E-state index contributed by atoms with van der Waals surface area (Å²) in [6, 6.07) is 0. The molecule has 0 aliphatic carbocycles. The Morgan fingerprint density at radius 3 is 1.67 bits per heavy atom. The molecular weight excluding hydrogens is 292 g/mol. The maximum atomic E-state index is 12.5. The number of hydrogen-bond acceptors (Lipinski definition) is 4. The fraction of sp³-hybridized carbons (Fsp3) is 1.00. The summed E-state index contributed by atoms with van der Waals surface area (Å²) in [4.78, 5) is 0. The molecule has 4 nitrogen and oxygen atoms in total. The van der Waals surface area contributed by atoms with Crippen LogP contribution in [0, 0.1) is 0 Å². The Labute approximate surface area is 106 Å². The van der Waals surface area contributed by atoms with Gasteiger partial charge in [0.1, 0.15) is 0 Å². The van der Waals surface area contributed by atoms with E-state index in [9.17, 15) is 21.6 Å². The van der Waals surface area contributed by atoms with Gasteiger partial charge < -0.3 is 0 Å². The molecule has 0 fully saturated rings. The van der Waals surface area contributed by atoms with Crippen molar-refractivity contribution in [3.63, 3.8) is 0 Å². The third-order valence-corrected chi connectivity index (χ3v) is 12.2. The number of rotatable bonds is 7. The van der Waals surface area contributed by atoms with Gasteiger partial charge in [-0.1, -0.05) is 0 Å². The Balaban J connectivity index is 5.66. The monoisotopic (exact) mass is 312 g/mol. The van der Waals surface area contributed by atoms with Crippen molar-refractivity contribution in [3.8, 4) is 0 Å². The molecule has 0 radical (unpaired) electrons. The molecule has 0 aliphatic rings. The van der Waals surface area contributed by atoms with Gasteiger partial charge in [-0.05, 0) is 0 Å². The Hall–Kier alpha value is 0.0900. The van der Waals surface area contributed by atoms with Crippen LogP contribution in [0.2, 0.25) is 0 Å². The van der Waals surface area contributed by atoms with Crippen molar-refractivity contribution in [3.05, 3.63) is 0 Å². The number of hydrogen-bond donors (Lipinski definition) is 0. The molecule has 0 heterocycles. The second kappa shape index (κ2) is 5.61. The van der Waals surface area contributed by atoms with Crippen LogP contribution in [0.15, 0.2) is 0 Å². The third kappa shape index (κ3) is 3.35. The molecule has 0 aromatic heterocycles. The van der Waals surface area contributed by atoms with Crippen molar-refractivity contribution >= 4 is 16.9 Å². The van der Waals surface area contributed by atoms with Crippen LogP contribution >= 0.6 is 6.83 Å². The van der Waals surface area contributed by atoms with Crippen LogP contribution in [-0.2, 0) is 18.8 Å². The number of halogens is 3. The second-order valence-corrected chi connectivity index (χ2v) is 12.0. The molecule has 0 aliphatic heterocycles. The summed E-state index contributed by atoms with van der Waals surface area (Å²) in [5, 5.41) is 0. The van der Waals surface area contributed by atoms with Crippen LogP contribution < -0.4 is 0 Å². The molecule has 0 aromatic carbocycles. The third-order valence-electron chi connectivity index (χ3n) is 3.45. The molecule has 0 unspecified atom stereocenters. The number of alkyl halides is 3. The molecule has 0 saturated heterocycles. The number of methoxy groups -OCH3 is 1. The molecule has 0 N–H and O–H groups in total. The molecule has 0 saturated carbocycles. The first-order chi connectivity index (χ1) is 8.01. The molecule has 0 atom stereocenters. The summed E-state index contributed by atoms with van der Waals surface area (Å²) in [6.45, 7) is 1.38. The van der Waals surface area contributed by atoms with E-state index in [0.29, 0.717) is 0 Å². The van der Waals surface area contributed by atoms with E-state index in [1.807, 2.05) is 0 Å². The van der Waals surface area contributed by atoms with Crippen LogP contribution in [0.3, 0.4) is 0 Å². The minimum absolute atomic E-state index is 0.0928. The SMILES string of the molecule is CCP(CC)(CC)(COC)OS(=O)(=O)C(F)(F)F. The summed E-state index contributed by atoms with van der Waals surface area (Å²) in [5.41, 5.74) is -5.40. The molecule has 9 heteroatoms. The maximum absolute atomic E-state index is 12.5. The van der Waals surface area contributed by atoms with E-state index in [2.05, 4.69) is 0 Å². The topological polar surface area (TPSA) is 52.6 Å². The van der Waals surface area contributed by atoms with Crippen molar-refractivity contribution < 1.29 is 30.3 Å². The van der Waals surface area contributed by atoms with E-state index in [0.717, 1.165) is 0 Å². The van der Waals surface area contributed by atoms with Crippen LogP contribution in [0.25, 0.3) is 0 Å². The normalized spacial score (nSPS) is 16.3. The van der Waals surface area contributed by atoms with Crippen molar-refractivity contribution in [1.82, 2.24) is 0 Å². The molecule has 0 rings (SSSR count). The number of ether oxygens (including phenoxy) is 1. The Kier molecular flexibility index (Phi) is 5.64. The van der Waals surface area contributed by atoms with E-state index in [-0.39, 0.29) is 24.8 Å². The van der Waals surface area contributed by atoms with E-state index >= 15 is 0 Å². The predicted octanol–water partition coefficient (Wildman–Crippen LogP) is 2.98. The van der Waals surface area contributed by atoms with Crippen molar-refractivity contribution in [2.75, 3.05) is 31.9 Å². The van der Waals surface area contributed by atoms with Crippen molar-refractivity contribution in [2.24, 2.45) is 0 Å². The molecular formula is C9H20F3O4PS. The van der Waals surface area contributed by atoms with Crippen LogP contribution in [-0.4, -0.2) is 45.9 Å². The first-order valence-corrected chi connectivity index (χ1v) is 9.84. The van der Waals surface area contributed by atoms with Crippen LogP contribution in [0.4, 0.5) is 13.2 Å². The van der Waals surface area contributed by atoms with E-state index < -0.39 is 22.5 Å². The average molecular weight is 312 g/mol. The van der Waals surface area contributed by atoms with Gasteiger partial charge in [0.2, 0.25) is 0 Å². The second-order valence-electron chi connectivity index (χ2n) is 4.20. The first-order valence-electron chi connectivity index (χ1n) is 5.54. The van der Waals surface area contributed by atoms with Crippen molar-refractivity contribution in [1.29, 1.82) is 0 Å². The van der Waals surface area contributed by atoms with Gasteiger partial charge in [0.05, 0.1) is 0 Å². The zero-order valence-electron chi connectivity index (χ0n) is 11.0. The predicted molar refractivity (Wildman–Crippen MR) is 66.5 cm³/mol. The molecule has 0 aromatic rings. The zero-order chi connectivity index (χ0) is 14.7. The van der Waals surface area contributed by atoms with Crippen molar-refractivity contribution in [2.45, 2.75) is 26.3 Å². The van der Waals surface area contributed by atoms with Crippen LogP contribution in [0.5, 0.6) is 0 Å². The van der Waals surface area contributed by atoms with E-state index in [4.69, 9.17) is 8.71 Å². The fourth-order valence-corrected chi connectivity index (χ4v) is 8.31. The summed E-state index contributed by atoms with van der Waals surface area (Å²) in [5.74, 6) is 0. The average Bonchev–Trinajstić information content (AvgIpc) is 2.27. The Morgan fingerprint density at radius 2 is 1.44 bits per heavy atom. The van der Waals surface area contributed by atoms with Gasteiger partial charge in [-0.3, -0.25) is 0 Å². The van der Waals surface area contributed by atoms with Gasteiger partial charge in [-0.15, -0.1) is 0 Å². The van der Waals surface area contributed by atoms with Gasteiger partial charge >= 0.3 is 105 Å². The fourth-order valence-electron chi connectivity index (χ4n) is 1.77. The van der Waals surface area contributed by atoms with Gasteiger partial charge in [0.15, 0.2) is 0 Å². The summed E-state index contributed by atoms with van der Waals surface area (Å²) in [7, 11) is -4.27. The van der Waals surface area contributed by atoms with Crippen LogP contribution in [0.1, 0.15) is 20.8 Å². The van der Waals surface area contributed by atoms with Gasteiger partial charge in [-0.25, -0.2) is 0 Å². The van der Waals surface area contributed by atoms with Gasteiger partial charge in [-0.2, -0.15) is 0 Å².